The third-order valence-electron chi connectivity index (χ3n) is 5.88. The predicted octanol–water partition coefficient (Wildman–Crippen LogP) is 3.91. The standard InChI is InChI=1S/C22H34O4/c1-2-3-4-5-6-9-17(23)11-12-19-20-15-16(8-7-10-22(25)26)18(20)13-14-21(19)24/h8,17-21,23-24H,2-7,9-10,13-15H2,1H3,(H,25,26)/b16-8-/t17?,18-,19-,20+,21-/m0/s1. The fourth-order valence-corrected chi connectivity index (χ4v) is 4.30. The van der Waals surface area contributed by atoms with Gasteiger partial charge in [-0.1, -0.05) is 56.1 Å². The van der Waals surface area contributed by atoms with Crippen LogP contribution < -0.4 is 0 Å². The van der Waals surface area contributed by atoms with Crippen molar-refractivity contribution in [1.82, 2.24) is 0 Å². The molecule has 0 spiro atoms. The first-order chi connectivity index (χ1) is 12.5. The van der Waals surface area contributed by atoms with Crippen LogP contribution in [0.15, 0.2) is 11.6 Å². The second kappa shape index (κ2) is 10.7. The van der Waals surface area contributed by atoms with Crippen LogP contribution in [0, 0.1) is 29.6 Å². The Morgan fingerprint density at radius 2 is 2.04 bits per heavy atom. The zero-order valence-corrected chi connectivity index (χ0v) is 16.0. The van der Waals surface area contributed by atoms with Crippen molar-refractivity contribution in [3.05, 3.63) is 11.6 Å². The molecule has 0 bridgehead atoms. The van der Waals surface area contributed by atoms with Crippen LogP contribution in [0.25, 0.3) is 0 Å². The molecular formula is C22H34O4. The van der Waals surface area contributed by atoms with Crippen molar-refractivity contribution in [2.45, 2.75) is 89.8 Å². The van der Waals surface area contributed by atoms with Gasteiger partial charge in [0.2, 0.25) is 0 Å². The summed E-state index contributed by atoms with van der Waals surface area (Å²) in [6, 6.07) is 0. The topological polar surface area (TPSA) is 77.8 Å². The maximum Gasteiger partial charge on any atom is 0.303 e. The first-order valence-electron chi connectivity index (χ1n) is 10.3. The number of rotatable bonds is 9. The van der Waals surface area contributed by atoms with Gasteiger partial charge in [0, 0.05) is 6.42 Å². The van der Waals surface area contributed by atoms with Gasteiger partial charge < -0.3 is 15.3 Å². The molecule has 2 rings (SSSR count). The van der Waals surface area contributed by atoms with Crippen molar-refractivity contribution >= 4 is 5.97 Å². The summed E-state index contributed by atoms with van der Waals surface area (Å²) in [5.74, 6) is 6.15. The van der Waals surface area contributed by atoms with Crippen molar-refractivity contribution in [3.63, 3.8) is 0 Å². The molecule has 0 aromatic rings. The second-order valence-electron chi connectivity index (χ2n) is 7.86. The minimum atomic E-state index is -0.760. The van der Waals surface area contributed by atoms with Crippen LogP contribution in [0.1, 0.15) is 77.6 Å². The summed E-state index contributed by atoms with van der Waals surface area (Å²) in [7, 11) is 0. The van der Waals surface area contributed by atoms with Crippen LogP contribution in [-0.4, -0.2) is 33.5 Å². The van der Waals surface area contributed by atoms with E-state index in [1.54, 1.807) is 0 Å². The number of aliphatic carboxylic acids is 1. The van der Waals surface area contributed by atoms with E-state index in [1.165, 1.54) is 24.8 Å². The van der Waals surface area contributed by atoms with Gasteiger partial charge in [-0.2, -0.15) is 0 Å². The fraction of sp³-hybridized carbons (Fsp3) is 0.773. The Labute approximate surface area is 157 Å². The summed E-state index contributed by atoms with van der Waals surface area (Å²) in [4.78, 5) is 10.6. The van der Waals surface area contributed by atoms with Crippen molar-refractivity contribution in [3.8, 4) is 11.8 Å². The smallest absolute Gasteiger partial charge is 0.303 e. The van der Waals surface area contributed by atoms with E-state index in [0.29, 0.717) is 24.7 Å². The number of hydrogen-bond acceptors (Lipinski definition) is 3. The molecule has 0 heterocycles. The van der Waals surface area contributed by atoms with Gasteiger partial charge in [-0.25, -0.2) is 0 Å². The van der Waals surface area contributed by atoms with Crippen molar-refractivity contribution < 1.29 is 20.1 Å². The number of unbranched alkanes of at least 4 members (excludes halogenated alkanes) is 4. The molecule has 2 fully saturated rings. The molecule has 2 aliphatic rings. The lowest BCUT2D eigenvalue weighted by Crippen LogP contribution is -2.44. The lowest BCUT2D eigenvalue weighted by atomic mass is 9.57. The number of fused-ring (bicyclic) bond motifs is 1. The Morgan fingerprint density at radius 1 is 1.27 bits per heavy atom. The highest BCUT2D eigenvalue weighted by molar-refractivity contribution is 5.66. The Morgan fingerprint density at radius 3 is 2.77 bits per heavy atom. The summed E-state index contributed by atoms with van der Waals surface area (Å²) in [6.45, 7) is 2.19. The highest BCUT2D eigenvalue weighted by atomic mass is 16.4. The maximum absolute atomic E-state index is 10.6. The molecule has 2 saturated carbocycles. The van der Waals surface area contributed by atoms with Crippen LogP contribution in [0.2, 0.25) is 0 Å². The Hall–Kier alpha value is -1.31. The highest BCUT2D eigenvalue weighted by Crippen LogP contribution is 2.51. The molecule has 0 radical (unpaired) electrons. The van der Waals surface area contributed by atoms with Crippen LogP contribution in [0.5, 0.6) is 0 Å². The lowest BCUT2D eigenvalue weighted by Gasteiger charge is -2.48. The van der Waals surface area contributed by atoms with Crippen LogP contribution in [0.3, 0.4) is 0 Å². The number of carboxylic acid groups (broad SMARTS) is 1. The highest BCUT2D eigenvalue weighted by Gasteiger charge is 2.46. The largest absolute Gasteiger partial charge is 0.481 e. The molecule has 1 unspecified atom stereocenters. The first kappa shape index (κ1) is 21.0. The third-order valence-corrected chi connectivity index (χ3v) is 5.88. The fourth-order valence-electron chi connectivity index (χ4n) is 4.30. The molecule has 0 saturated heterocycles. The minimum Gasteiger partial charge on any atom is -0.481 e. The number of allylic oxidation sites excluding steroid dienone is 2. The average Bonchev–Trinajstić information content (AvgIpc) is 2.58. The van der Waals surface area contributed by atoms with Gasteiger partial charge >= 0.3 is 5.97 Å². The molecule has 0 aliphatic heterocycles. The van der Waals surface area contributed by atoms with Crippen molar-refractivity contribution in [1.29, 1.82) is 0 Å². The molecule has 0 aromatic carbocycles. The summed E-state index contributed by atoms with van der Waals surface area (Å²) in [5, 5.41) is 29.2. The predicted molar refractivity (Wildman–Crippen MR) is 102 cm³/mol. The molecule has 0 aromatic heterocycles. The van der Waals surface area contributed by atoms with Crippen LogP contribution in [-0.2, 0) is 4.79 Å². The van der Waals surface area contributed by atoms with E-state index in [2.05, 4.69) is 24.8 Å². The number of aliphatic hydroxyl groups is 2. The zero-order chi connectivity index (χ0) is 18.9. The second-order valence-corrected chi connectivity index (χ2v) is 7.86. The summed E-state index contributed by atoms with van der Waals surface area (Å²) in [5.41, 5.74) is 1.34. The molecule has 0 amide bonds. The Balaban J connectivity index is 1.81. The molecule has 5 atom stereocenters. The van der Waals surface area contributed by atoms with Gasteiger partial charge in [0.1, 0.15) is 6.10 Å². The Bertz CT molecular complexity index is 542. The lowest BCUT2D eigenvalue weighted by molar-refractivity contribution is -0.136. The van der Waals surface area contributed by atoms with E-state index in [0.717, 1.165) is 32.1 Å². The maximum atomic E-state index is 10.6. The summed E-state index contributed by atoms with van der Waals surface area (Å²) >= 11 is 0. The van der Waals surface area contributed by atoms with Crippen LogP contribution in [0.4, 0.5) is 0 Å². The van der Waals surface area contributed by atoms with Gasteiger partial charge in [-0.15, -0.1) is 0 Å². The summed E-state index contributed by atoms with van der Waals surface area (Å²) in [6.07, 6.45) is 11.0. The summed E-state index contributed by atoms with van der Waals surface area (Å²) < 4.78 is 0. The van der Waals surface area contributed by atoms with Crippen molar-refractivity contribution in [2.24, 2.45) is 17.8 Å². The molecule has 4 nitrogen and oxygen atoms in total. The van der Waals surface area contributed by atoms with E-state index < -0.39 is 18.2 Å². The van der Waals surface area contributed by atoms with Gasteiger partial charge in [0.05, 0.1) is 12.0 Å². The van der Waals surface area contributed by atoms with Gasteiger partial charge in [0.25, 0.3) is 0 Å². The number of aliphatic hydroxyl groups excluding tert-OH is 2. The number of carbonyl (C=O) groups is 1. The van der Waals surface area contributed by atoms with Gasteiger partial charge in [-0.3, -0.25) is 4.79 Å². The first-order valence-corrected chi connectivity index (χ1v) is 10.3. The number of hydrogen-bond donors (Lipinski definition) is 3. The van der Waals surface area contributed by atoms with E-state index in [-0.39, 0.29) is 12.3 Å². The van der Waals surface area contributed by atoms with E-state index in [9.17, 15) is 15.0 Å². The Kier molecular flexibility index (Phi) is 8.68. The molecule has 26 heavy (non-hydrogen) atoms. The third kappa shape index (κ3) is 6.14. The molecular weight excluding hydrogens is 328 g/mol. The average molecular weight is 363 g/mol. The van der Waals surface area contributed by atoms with E-state index in [1.807, 2.05) is 0 Å². The van der Waals surface area contributed by atoms with Crippen molar-refractivity contribution in [2.75, 3.05) is 0 Å². The molecule has 146 valence electrons. The van der Waals surface area contributed by atoms with Gasteiger partial charge in [-0.05, 0) is 50.4 Å². The SMILES string of the molecule is CCCCCCCC(O)C#C[C@H]1[C@@H]2C/C(=C/CCC(=O)O)[C@@H]2CC[C@@H]1O. The zero-order valence-electron chi connectivity index (χ0n) is 16.0. The van der Waals surface area contributed by atoms with Crippen LogP contribution >= 0.6 is 0 Å². The number of carboxylic acids is 1. The van der Waals surface area contributed by atoms with E-state index >= 15 is 0 Å². The monoisotopic (exact) mass is 362 g/mol. The molecule has 3 N–H and O–H groups in total. The van der Waals surface area contributed by atoms with Gasteiger partial charge in [0.15, 0.2) is 0 Å². The molecule has 4 heteroatoms. The normalized spacial score (nSPS) is 30.0. The molecule has 2 aliphatic carbocycles. The van der Waals surface area contributed by atoms with E-state index in [4.69, 9.17) is 5.11 Å². The minimum absolute atomic E-state index is 0.0554. The quantitative estimate of drug-likeness (QED) is 0.330.